The van der Waals surface area contributed by atoms with Crippen LogP contribution in [0.4, 0.5) is 4.39 Å². The first kappa shape index (κ1) is 13.2. The van der Waals surface area contributed by atoms with Crippen molar-refractivity contribution >= 4 is 23.2 Å². The first-order valence-electron chi connectivity index (χ1n) is 5.52. The highest BCUT2D eigenvalue weighted by Crippen LogP contribution is 2.07. The Morgan fingerprint density at radius 3 is 2.68 bits per heavy atom. The van der Waals surface area contributed by atoms with Crippen molar-refractivity contribution < 1.29 is 14.0 Å². The largest absolute Gasteiger partial charge is 0.279 e. The van der Waals surface area contributed by atoms with Crippen LogP contribution in [-0.4, -0.2) is 11.8 Å². The average Bonchev–Trinajstić information content (AvgIpc) is 2.90. The predicted octanol–water partition coefficient (Wildman–Crippen LogP) is 1.89. The van der Waals surface area contributed by atoms with E-state index in [9.17, 15) is 14.0 Å². The van der Waals surface area contributed by atoms with Crippen LogP contribution in [-0.2, 0) is 11.2 Å². The highest BCUT2D eigenvalue weighted by Gasteiger charge is 2.08. The van der Waals surface area contributed by atoms with Gasteiger partial charge in [0.2, 0.25) is 5.91 Å². The number of hydrazine groups is 1. The number of thiophene rings is 1. The van der Waals surface area contributed by atoms with E-state index >= 15 is 0 Å². The minimum absolute atomic E-state index is 0.00246. The van der Waals surface area contributed by atoms with Gasteiger partial charge in [-0.25, -0.2) is 4.39 Å². The molecule has 2 N–H and O–H groups in total. The van der Waals surface area contributed by atoms with E-state index in [0.717, 1.165) is 0 Å². The molecule has 0 spiro atoms. The summed E-state index contributed by atoms with van der Waals surface area (Å²) in [7, 11) is 0. The molecule has 0 saturated carbocycles. The lowest BCUT2D eigenvalue weighted by Gasteiger charge is -2.06. The fourth-order valence-electron chi connectivity index (χ4n) is 1.47. The van der Waals surface area contributed by atoms with Crippen LogP contribution in [0.25, 0.3) is 0 Å². The molecule has 0 aliphatic carbocycles. The molecule has 0 unspecified atom stereocenters. The molecule has 0 saturated heterocycles. The summed E-state index contributed by atoms with van der Waals surface area (Å²) in [5.41, 5.74) is 5.13. The van der Waals surface area contributed by atoms with E-state index in [4.69, 9.17) is 0 Å². The van der Waals surface area contributed by atoms with Gasteiger partial charge in [-0.05, 0) is 29.1 Å². The first-order valence-corrected chi connectivity index (χ1v) is 6.40. The lowest BCUT2D eigenvalue weighted by Crippen LogP contribution is -2.42. The van der Waals surface area contributed by atoms with Gasteiger partial charge in [0.05, 0.1) is 11.3 Å². The normalized spacial score (nSPS) is 9.95. The smallest absolute Gasteiger partial charge is 0.273 e. The number of rotatable bonds is 3. The molecule has 0 atom stereocenters. The summed E-state index contributed by atoms with van der Waals surface area (Å²) in [5.74, 6) is -1.17. The van der Waals surface area contributed by atoms with Gasteiger partial charge in [0.1, 0.15) is 5.82 Å². The molecule has 98 valence electrons. The molecule has 2 aromatic rings. The molecule has 2 amide bonds. The predicted molar refractivity (Wildman–Crippen MR) is 70.0 cm³/mol. The van der Waals surface area contributed by atoms with Gasteiger partial charge in [-0.3, -0.25) is 20.4 Å². The molecule has 19 heavy (non-hydrogen) atoms. The molecule has 1 heterocycles. The number of nitrogens with one attached hydrogen (secondary N) is 2. The third kappa shape index (κ3) is 3.89. The lowest BCUT2D eigenvalue weighted by molar-refractivity contribution is -0.121. The molecular weight excluding hydrogens is 267 g/mol. The van der Waals surface area contributed by atoms with E-state index in [-0.39, 0.29) is 12.3 Å². The molecule has 1 aromatic carbocycles. The Morgan fingerprint density at radius 2 is 2.00 bits per heavy atom. The standard InChI is InChI=1S/C13H11FN2O2S/c14-10-4-1-3-9(7-10)8-12(17)15-16-13(18)11-5-2-6-19-11/h1-7H,8H2,(H,15,17)(H,16,18). The fourth-order valence-corrected chi connectivity index (χ4v) is 2.09. The minimum atomic E-state index is -0.407. The van der Waals surface area contributed by atoms with Crippen molar-refractivity contribution in [3.63, 3.8) is 0 Å². The van der Waals surface area contributed by atoms with Gasteiger partial charge < -0.3 is 0 Å². The van der Waals surface area contributed by atoms with Crippen LogP contribution in [0.5, 0.6) is 0 Å². The average molecular weight is 278 g/mol. The van der Waals surface area contributed by atoms with E-state index in [0.29, 0.717) is 10.4 Å². The number of amides is 2. The highest BCUT2D eigenvalue weighted by atomic mass is 32.1. The van der Waals surface area contributed by atoms with Crippen LogP contribution in [0.1, 0.15) is 15.2 Å². The summed E-state index contributed by atoms with van der Waals surface area (Å²) in [5, 5.41) is 1.77. The summed E-state index contributed by atoms with van der Waals surface area (Å²) in [6.07, 6.45) is 0.00246. The molecule has 0 bridgehead atoms. The quantitative estimate of drug-likeness (QED) is 0.842. The van der Waals surface area contributed by atoms with E-state index in [1.165, 1.54) is 29.5 Å². The van der Waals surface area contributed by atoms with E-state index in [1.807, 2.05) is 0 Å². The molecule has 1 aromatic heterocycles. The van der Waals surface area contributed by atoms with Gasteiger partial charge >= 0.3 is 0 Å². The van der Waals surface area contributed by atoms with Crippen molar-refractivity contribution in [3.05, 3.63) is 58.0 Å². The zero-order valence-electron chi connectivity index (χ0n) is 9.85. The fraction of sp³-hybridized carbons (Fsp3) is 0.0769. The zero-order chi connectivity index (χ0) is 13.7. The van der Waals surface area contributed by atoms with Crippen molar-refractivity contribution in [1.82, 2.24) is 10.9 Å². The number of benzene rings is 1. The second kappa shape index (κ2) is 6.10. The Labute approximate surface area is 113 Å². The van der Waals surface area contributed by atoms with Gasteiger partial charge in [-0.15, -0.1) is 11.3 Å². The molecule has 4 nitrogen and oxygen atoms in total. The summed E-state index contributed by atoms with van der Waals surface area (Å²) in [4.78, 5) is 23.6. The topological polar surface area (TPSA) is 58.2 Å². The SMILES string of the molecule is O=C(Cc1cccc(F)c1)NNC(=O)c1cccs1. The van der Waals surface area contributed by atoms with Gasteiger partial charge in [-0.2, -0.15) is 0 Å². The van der Waals surface area contributed by atoms with Crippen molar-refractivity contribution in [3.8, 4) is 0 Å². The summed E-state index contributed by atoms with van der Waals surface area (Å²) in [6.45, 7) is 0. The maximum absolute atomic E-state index is 12.9. The summed E-state index contributed by atoms with van der Waals surface area (Å²) >= 11 is 1.28. The number of carbonyl (C=O) groups is 2. The summed E-state index contributed by atoms with van der Waals surface area (Å²) in [6, 6.07) is 9.15. The molecular formula is C13H11FN2O2S. The number of halogens is 1. The lowest BCUT2D eigenvalue weighted by atomic mass is 10.1. The number of carbonyl (C=O) groups excluding carboxylic acids is 2. The maximum Gasteiger partial charge on any atom is 0.279 e. The third-order valence-electron chi connectivity index (χ3n) is 2.31. The van der Waals surface area contributed by atoms with Gasteiger partial charge in [0, 0.05) is 0 Å². The van der Waals surface area contributed by atoms with E-state index in [1.54, 1.807) is 23.6 Å². The van der Waals surface area contributed by atoms with Gasteiger partial charge in [0.25, 0.3) is 5.91 Å². The maximum atomic E-state index is 12.9. The molecule has 6 heteroatoms. The van der Waals surface area contributed by atoms with Crippen LogP contribution in [0.15, 0.2) is 41.8 Å². The highest BCUT2D eigenvalue weighted by molar-refractivity contribution is 7.12. The Bertz CT molecular complexity index is 584. The first-order chi connectivity index (χ1) is 9.15. The Balaban J connectivity index is 1.83. The van der Waals surface area contributed by atoms with Crippen molar-refractivity contribution in [2.75, 3.05) is 0 Å². The minimum Gasteiger partial charge on any atom is -0.273 e. The van der Waals surface area contributed by atoms with Crippen molar-refractivity contribution in [1.29, 1.82) is 0 Å². The molecule has 0 fully saturated rings. The van der Waals surface area contributed by atoms with Crippen LogP contribution < -0.4 is 10.9 Å². The second-order valence-corrected chi connectivity index (χ2v) is 4.73. The number of hydrogen-bond acceptors (Lipinski definition) is 3. The van der Waals surface area contributed by atoms with Crippen LogP contribution in [0, 0.1) is 5.82 Å². The zero-order valence-corrected chi connectivity index (χ0v) is 10.7. The Kier molecular flexibility index (Phi) is 4.25. The molecule has 0 aliphatic rings. The Hall–Kier alpha value is -2.21. The van der Waals surface area contributed by atoms with Crippen LogP contribution >= 0.6 is 11.3 Å². The monoisotopic (exact) mass is 278 g/mol. The second-order valence-electron chi connectivity index (χ2n) is 3.79. The number of hydrogen-bond donors (Lipinski definition) is 2. The van der Waals surface area contributed by atoms with Crippen LogP contribution in [0.2, 0.25) is 0 Å². The molecule has 2 rings (SSSR count). The third-order valence-corrected chi connectivity index (χ3v) is 3.18. The van der Waals surface area contributed by atoms with Crippen molar-refractivity contribution in [2.45, 2.75) is 6.42 Å². The van der Waals surface area contributed by atoms with Gasteiger partial charge in [0.15, 0.2) is 0 Å². The molecule has 0 radical (unpaired) electrons. The van der Waals surface area contributed by atoms with E-state index in [2.05, 4.69) is 10.9 Å². The van der Waals surface area contributed by atoms with Crippen molar-refractivity contribution in [2.24, 2.45) is 0 Å². The van der Waals surface area contributed by atoms with Gasteiger partial charge in [-0.1, -0.05) is 18.2 Å². The van der Waals surface area contributed by atoms with Crippen LogP contribution in [0.3, 0.4) is 0 Å². The molecule has 0 aliphatic heterocycles. The Morgan fingerprint density at radius 1 is 1.16 bits per heavy atom. The summed E-state index contributed by atoms with van der Waals surface area (Å²) < 4.78 is 12.9. The van der Waals surface area contributed by atoms with E-state index < -0.39 is 11.7 Å².